The van der Waals surface area contributed by atoms with Crippen LogP contribution in [-0.4, -0.2) is 23.6 Å². The highest BCUT2D eigenvalue weighted by atomic mass is 16.5. The number of benzene rings is 3. The first kappa shape index (κ1) is 20.8. The van der Waals surface area contributed by atoms with Gasteiger partial charge in [-0.05, 0) is 54.6 Å². The summed E-state index contributed by atoms with van der Waals surface area (Å²) >= 11 is 0. The van der Waals surface area contributed by atoms with E-state index >= 15 is 0 Å². The quantitative estimate of drug-likeness (QED) is 0.592. The van der Waals surface area contributed by atoms with Crippen molar-refractivity contribution < 1.29 is 23.9 Å². The second-order valence-corrected chi connectivity index (χ2v) is 7.19. The minimum Gasteiger partial charge on any atom is -0.457 e. The van der Waals surface area contributed by atoms with Gasteiger partial charge in [0.05, 0.1) is 16.8 Å². The van der Waals surface area contributed by atoms with Crippen LogP contribution in [0.1, 0.15) is 34.6 Å². The summed E-state index contributed by atoms with van der Waals surface area (Å²) < 4.78 is 5.83. The van der Waals surface area contributed by atoms with Crippen LogP contribution in [0.4, 0.5) is 17.1 Å². The average Bonchev–Trinajstić information content (AvgIpc) is 2.98. The molecule has 1 aliphatic heterocycles. The number of nitrogens with one attached hydrogen (secondary N) is 2. The fourth-order valence-electron chi connectivity index (χ4n) is 3.39. The summed E-state index contributed by atoms with van der Waals surface area (Å²) in [6.07, 6.45) is 0. The summed E-state index contributed by atoms with van der Waals surface area (Å²) in [5.41, 5.74) is 2.05. The number of amides is 4. The molecule has 0 spiro atoms. The van der Waals surface area contributed by atoms with Gasteiger partial charge < -0.3 is 15.4 Å². The fourth-order valence-corrected chi connectivity index (χ4v) is 3.39. The van der Waals surface area contributed by atoms with Crippen molar-refractivity contribution in [3.63, 3.8) is 0 Å². The minimum absolute atomic E-state index is 0.200. The Kier molecular flexibility index (Phi) is 5.43. The first-order chi connectivity index (χ1) is 15.3. The maximum atomic E-state index is 13.0. The molecule has 4 amide bonds. The third kappa shape index (κ3) is 4.20. The third-order valence-electron chi connectivity index (χ3n) is 4.69. The van der Waals surface area contributed by atoms with Gasteiger partial charge in [0.15, 0.2) is 0 Å². The molecule has 1 heterocycles. The molecule has 0 fully saturated rings. The highest BCUT2D eigenvalue weighted by molar-refractivity contribution is 6.34. The number of carbonyl (C=O) groups is 4. The van der Waals surface area contributed by atoms with E-state index in [0.717, 1.165) is 4.90 Å². The molecular formula is C24H19N3O5. The molecule has 3 aromatic rings. The molecule has 160 valence electrons. The second-order valence-electron chi connectivity index (χ2n) is 7.19. The van der Waals surface area contributed by atoms with Gasteiger partial charge in [0.2, 0.25) is 11.8 Å². The number of rotatable bonds is 5. The van der Waals surface area contributed by atoms with Gasteiger partial charge in [-0.25, -0.2) is 4.90 Å². The number of carbonyl (C=O) groups excluding carboxylic acids is 4. The molecule has 4 rings (SSSR count). The van der Waals surface area contributed by atoms with Crippen molar-refractivity contribution in [3.8, 4) is 11.5 Å². The number of anilines is 3. The predicted molar refractivity (Wildman–Crippen MR) is 119 cm³/mol. The molecule has 0 aromatic heterocycles. The van der Waals surface area contributed by atoms with Gasteiger partial charge in [-0.2, -0.15) is 0 Å². The van der Waals surface area contributed by atoms with Crippen molar-refractivity contribution in [3.05, 3.63) is 77.9 Å². The van der Waals surface area contributed by atoms with E-state index in [0.29, 0.717) is 28.6 Å². The zero-order valence-corrected chi connectivity index (χ0v) is 17.3. The van der Waals surface area contributed by atoms with E-state index in [1.165, 1.54) is 19.9 Å². The Labute approximate surface area is 183 Å². The molecule has 0 saturated carbocycles. The minimum atomic E-state index is -0.463. The molecule has 8 heteroatoms. The number of fused-ring (bicyclic) bond motifs is 1. The molecule has 0 radical (unpaired) electrons. The maximum absolute atomic E-state index is 13.0. The van der Waals surface area contributed by atoms with E-state index < -0.39 is 11.8 Å². The summed E-state index contributed by atoms with van der Waals surface area (Å²) in [5.74, 6) is -0.458. The summed E-state index contributed by atoms with van der Waals surface area (Å²) in [7, 11) is 0. The van der Waals surface area contributed by atoms with Gasteiger partial charge in [-0.1, -0.05) is 6.07 Å². The molecule has 0 aliphatic carbocycles. The van der Waals surface area contributed by atoms with Gasteiger partial charge in [0, 0.05) is 31.3 Å². The van der Waals surface area contributed by atoms with Gasteiger partial charge in [-0.15, -0.1) is 0 Å². The first-order valence-corrected chi connectivity index (χ1v) is 9.78. The molecule has 3 aromatic carbocycles. The Balaban J connectivity index is 1.57. The van der Waals surface area contributed by atoms with E-state index in [9.17, 15) is 19.2 Å². The first-order valence-electron chi connectivity index (χ1n) is 9.78. The molecule has 8 nitrogen and oxygen atoms in total. The second kappa shape index (κ2) is 8.35. The van der Waals surface area contributed by atoms with Crippen LogP contribution >= 0.6 is 0 Å². The monoisotopic (exact) mass is 429 g/mol. The van der Waals surface area contributed by atoms with Crippen molar-refractivity contribution in [1.82, 2.24) is 0 Å². The van der Waals surface area contributed by atoms with E-state index in [2.05, 4.69) is 10.6 Å². The Hall–Kier alpha value is -4.46. The number of hydrogen-bond acceptors (Lipinski definition) is 5. The van der Waals surface area contributed by atoms with Crippen LogP contribution in [0.25, 0.3) is 0 Å². The van der Waals surface area contributed by atoms with E-state index in [-0.39, 0.29) is 22.9 Å². The number of ether oxygens (including phenoxy) is 1. The van der Waals surface area contributed by atoms with Gasteiger partial charge in [0.1, 0.15) is 11.5 Å². The topological polar surface area (TPSA) is 105 Å². The number of imide groups is 1. The number of nitrogens with zero attached hydrogens (tertiary/aromatic N) is 1. The summed E-state index contributed by atoms with van der Waals surface area (Å²) in [5, 5.41) is 5.32. The van der Waals surface area contributed by atoms with Crippen LogP contribution in [0.2, 0.25) is 0 Å². The van der Waals surface area contributed by atoms with Crippen LogP contribution in [0.3, 0.4) is 0 Å². The van der Waals surface area contributed by atoms with Gasteiger partial charge >= 0.3 is 0 Å². The SMILES string of the molecule is CC(=O)Nc1ccc(N2C(=O)c3ccc(Oc4cccc(NC(C)=O)c4)cc3C2=O)cc1. The summed E-state index contributed by atoms with van der Waals surface area (Å²) in [4.78, 5) is 49.3. The Bertz CT molecular complexity index is 1250. The summed E-state index contributed by atoms with van der Waals surface area (Å²) in [6, 6.07) is 17.9. The van der Waals surface area contributed by atoms with Crippen molar-refractivity contribution in [2.75, 3.05) is 15.5 Å². The van der Waals surface area contributed by atoms with Crippen molar-refractivity contribution in [2.24, 2.45) is 0 Å². The lowest BCUT2D eigenvalue weighted by molar-refractivity contribution is -0.115. The lowest BCUT2D eigenvalue weighted by Gasteiger charge is -2.14. The molecule has 0 saturated heterocycles. The van der Waals surface area contributed by atoms with Crippen LogP contribution < -0.4 is 20.3 Å². The normalized spacial score (nSPS) is 12.4. The Morgan fingerprint density at radius 3 is 2.03 bits per heavy atom. The zero-order chi connectivity index (χ0) is 22.8. The predicted octanol–water partition coefficient (Wildman–Crippen LogP) is 4.20. The van der Waals surface area contributed by atoms with Crippen molar-refractivity contribution >= 4 is 40.7 Å². The lowest BCUT2D eigenvalue weighted by atomic mass is 10.1. The highest BCUT2D eigenvalue weighted by Crippen LogP contribution is 2.33. The fraction of sp³-hybridized carbons (Fsp3) is 0.0833. The molecular weight excluding hydrogens is 410 g/mol. The van der Waals surface area contributed by atoms with Crippen molar-refractivity contribution in [2.45, 2.75) is 13.8 Å². The molecule has 2 N–H and O–H groups in total. The largest absolute Gasteiger partial charge is 0.457 e. The third-order valence-corrected chi connectivity index (χ3v) is 4.69. The van der Waals surface area contributed by atoms with Crippen LogP contribution in [0.15, 0.2) is 66.7 Å². The molecule has 0 bridgehead atoms. The highest BCUT2D eigenvalue weighted by Gasteiger charge is 2.37. The van der Waals surface area contributed by atoms with Gasteiger partial charge in [-0.3, -0.25) is 19.2 Å². The molecule has 0 unspecified atom stereocenters. The lowest BCUT2D eigenvalue weighted by Crippen LogP contribution is -2.29. The number of hydrogen-bond donors (Lipinski definition) is 2. The van der Waals surface area contributed by atoms with E-state index in [1.54, 1.807) is 60.7 Å². The van der Waals surface area contributed by atoms with E-state index in [1.807, 2.05) is 0 Å². The molecule has 1 aliphatic rings. The van der Waals surface area contributed by atoms with Crippen molar-refractivity contribution in [1.29, 1.82) is 0 Å². The van der Waals surface area contributed by atoms with Gasteiger partial charge in [0.25, 0.3) is 11.8 Å². The smallest absolute Gasteiger partial charge is 0.266 e. The summed E-state index contributed by atoms with van der Waals surface area (Å²) in [6.45, 7) is 2.81. The Morgan fingerprint density at radius 1 is 0.719 bits per heavy atom. The molecule has 32 heavy (non-hydrogen) atoms. The molecule has 0 atom stereocenters. The average molecular weight is 429 g/mol. The maximum Gasteiger partial charge on any atom is 0.266 e. The van der Waals surface area contributed by atoms with Crippen LogP contribution in [0, 0.1) is 0 Å². The van der Waals surface area contributed by atoms with Crippen LogP contribution in [0.5, 0.6) is 11.5 Å². The standard InChI is InChI=1S/C24H19N3O5/c1-14(28)25-16-6-8-18(9-7-16)27-23(30)21-11-10-20(13-22(21)24(27)31)32-19-5-3-4-17(12-19)26-15(2)29/h3-13H,1-2H3,(H,25,28)(H,26,29). The van der Waals surface area contributed by atoms with Crippen LogP contribution in [-0.2, 0) is 9.59 Å². The van der Waals surface area contributed by atoms with E-state index in [4.69, 9.17) is 4.74 Å². The zero-order valence-electron chi connectivity index (χ0n) is 17.3. The Morgan fingerprint density at radius 2 is 1.34 bits per heavy atom.